The van der Waals surface area contributed by atoms with Gasteiger partial charge >= 0.3 is 0 Å². The molecule has 2 aliphatic rings. The molecule has 0 radical (unpaired) electrons. The molecule has 17 heteroatoms. The van der Waals surface area contributed by atoms with Crippen LogP contribution in [-0.2, 0) is 14.2 Å². The Kier molecular flexibility index (Phi) is 9.00. The van der Waals surface area contributed by atoms with E-state index in [9.17, 15) is 55.9 Å². The fraction of sp³-hybridized carbons (Fsp3) is 0.464. The molecule has 17 nitrogen and oxygen atoms in total. The zero-order chi connectivity index (χ0) is 32.9. The lowest BCUT2D eigenvalue weighted by Gasteiger charge is -2.42. The third kappa shape index (κ3) is 5.81. The van der Waals surface area contributed by atoms with Crippen molar-refractivity contribution < 1.29 is 79.2 Å². The van der Waals surface area contributed by atoms with Crippen LogP contribution in [0, 0.1) is 0 Å². The molecule has 0 aliphatic carbocycles. The number of phenols is 4. The summed E-state index contributed by atoms with van der Waals surface area (Å²) in [5.74, 6) is -4.10. The molecule has 0 saturated carbocycles. The van der Waals surface area contributed by atoms with Gasteiger partial charge in [0.15, 0.2) is 34.9 Å². The predicted octanol–water partition coefficient (Wildman–Crippen LogP) is -1.68. The van der Waals surface area contributed by atoms with Crippen LogP contribution in [0.2, 0.25) is 0 Å². The van der Waals surface area contributed by atoms with Gasteiger partial charge in [-0.15, -0.1) is 0 Å². The fourth-order valence-corrected chi connectivity index (χ4v) is 5.03. The van der Waals surface area contributed by atoms with E-state index in [0.717, 1.165) is 0 Å². The molecule has 0 spiro atoms. The predicted molar refractivity (Wildman–Crippen MR) is 147 cm³/mol. The fourth-order valence-electron chi connectivity index (χ4n) is 5.03. The maximum absolute atomic E-state index is 13.7. The summed E-state index contributed by atoms with van der Waals surface area (Å²) in [6.45, 7) is 0.797. The van der Waals surface area contributed by atoms with Gasteiger partial charge in [0.25, 0.3) is 0 Å². The molecule has 2 fully saturated rings. The van der Waals surface area contributed by atoms with Gasteiger partial charge in [0.05, 0.1) is 19.8 Å². The van der Waals surface area contributed by atoms with E-state index in [1.54, 1.807) is 0 Å². The average molecular weight is 641 g/mol. The Morgan fingerprint density at radius 3 is 2.13 bits per heavy atom. The minimum Gasteiger partial charge on any atom is -0.507 e. The summed E-state index contributed by atoms with van der Waals surface area (Å²) in [6, 6.07) is 4.35. The van der Waals surface area contributed by atoms with Gasteiger partial charge in [0.1, 0.15) is 53.9 Å². The van der Waals surface area contributed by atoms with Crippen LogP contribution in [0.3, 0.4) is 0 Å². The van der Waals surface area contributed by atoms with Gasteiger partial charge in [0.2, 0.25) is 23.2 Å². The van der Waals surface area contributed by atoms with E-state index in [-0.39, 0.29) is 17.1 Å². The molecule has 10 N–H and O–H groups in total. The van der Waals surface area contributed by atoms with E-state index in [1.807, 2.05) is 0 Å². The van der Waals surface area contributed by atoms with Gasteiger partial charge in [-0.25, -0.2) is 0 Å². The Morgan fingerprint density at radius 1 is 0.778 bits per heavy atom. The maximum atomic E-state index is 13.7. The number of aromatic hydroxyl groups is 4. The van der Waals surface area contributed by atoms with E-state index >= 15 is 0 Å². The van der Waals surface area contributed by atoms with E-state index in [2.05, 4.69) is 0 Å². The molecule has 10 atom stereocenters. The van der Waals surface area contributed by atoms with E-state index in [0.29, 0.717) is 6.07 Å². The lowest BCUT2D eigenvalue weighted by molar-refractivity contribution is -0.318. The largest absolute Gasteiger partial charge is 0.507 e. The Morgan fingerprint density at radius 2 is 1.44 bits per heavy atom. The third-order valence-electron chi connectivity index (χ3n) is 7.64. The zero-order valence-corrected chi connectivity index (χ0v) is 23.6. The summed E-state index contributed by atoms with van der Waals surface area (Å²) in [6.07, 6.45) is -16.3. The summed E-state index contributed by atoms with van der Waals surface area (Å²) >= 11 is 0. The number of hydrogen-bond donors (Lipinski definition) is 10. The molecule has 3 aromatic rings. The van der Waals surface area contributed by atoms with E-state index < -0.39 is 113 Å². The monoisotopic (exact) mass is 640 g/mol. The molecule has 0 amide bonds. The van der Waals surface area contributed by atoms with Crippen LogP contribution in [0.4, 0.5) is 0 Å². The molecule has 5 unspecified atom stereocenters. The molecule has 1 aromatic heterocycles. The Balaban J connectivity index is 1.52. The standard InChI is InChI=1S/C28H32O17/c1-8-16(32)20(36)22(38)27(42-8)41-7-14-18(34)21(37)23(39)28(43-14)45-26-19(35)15-11(30)6-12(31)17(33)25(15)44-24(26)9-3-4-10(29)13(5-9)40-2/h3-6,8,14,16,18,20-23,27-34,36-39H,7H2,1-2H3/t8?,14?,16-,18+,20-,21?,22?,23?,27+,28-/m0/s1. The normalized spacial score (nSPS) is 32.0. The number of aliphatic hydroxyl groups is 6. The van der Waals surface area contributed by atoms with Crippen molar-refractivity contribution in [1.82, 2.24) is 0 Å². The van der Waals surface area contributed by atoms with Crippen LogP contribution >= 0.6 is 0 Å². The van der Waals surface area contributed by atoms with Crippen LogP contribution in [-0.4, -0.2) is 126 Å². The van der Waals surface area contributed by atoms with Crippen molar-refractivity contribution in [3.8, 4) is 45.8 Å². The summed E-state index contributed by atoms with van der Waals surface area (Å²) in [7, 11) is 1.25. The van der Waals surface area contributed by atoms with Crippen molar-refractivity contribution in [2.75, 3.05) is 13.7 Å². The SMILES string of the molecule is COc1cc(-c2oc3c(O)c(O)cc(O)c3c(=O)c2O[C@@H]2OC(CO[C@@H]3OC(C)[C@H](O)[C@H](O)C3O)[C@@H](O)C(O)C2O)ccc1O. The number of hydrogen-bond acceptors (Lipinski definition) is 17. The number of aliphatic hydroxyl groups excluding tert-OH is 6. The summed E-state index contributed by atoms with van der Waals surface area (Å²) in [4.78, 5) is 13.7. The van der Waals surface area contributed by atoms with Gasteiger partial charge in [-0.3, -0.25) is 4.79 Å². The van der Waals surface area contributed by atoms with Crippen molar-refractivity contribution in [2.45, 2.75) is 68.3 Å². The number of fused-ring (bicyclic) bond motifs is 1. The van der Waals surface area contributed by atoms with Gasteiger partial charge in [0, 0.05) is 11.6 Å². The van der Waals surface area contributed by atoms with Crippen LogP contribution in [0.5, 0.6) is 34.5 Å². The molecule has 5 rings (SSSR count). The first-order valence-electron chi connectivity index (χ1n) is 13.5. The molecule has 3 heterocycles. The van der Waals surface area contributed by atoms with Crippen molar-refractivity contribution >= 4 is 11.0 Å². The van der Waals surface area contributed by atoms with Crippen LogP contribution in [0.25, 0.3) is 22.3 Å². The van der Waals surface area contributed by atoms with Crippen molar-refractivity contribution in [1.29, 1.82) is 0 Å². The van der Waals surface area contributed by atoms with Crippen LogP contribution in [0.15, 0.2) is 33.5 Å². The van der Waals surface area contributed by atoms with Gasteiger partial charge in [-0.05, 0) is 25.1 Å². The van der Waals surface area contributed by atoms with Crippen molar-refractivity contribution in [3.05, 3.63) is 34.5 Å². The number of phenolic OH excluding ortho intramolecular Hbond substituents is 4. The molecule has 2 saturated heterocycles. The first-order valence-corrected chi connectivity index (χ1v) is 13.5. The lowest BCUT2D eigenvalue weighted by Crippen LogP contribution is -2.61. The topological polar surface area (TPSA) is 279 Å². The summed E-state index contributed by atoms with van der Waals surface area (Å²) in [5, 5.41) is 102. The minimum atomic E-state index is -2.00. The highest BCUT2D eigenvalue weighted by Crippen LogP contribution is 2.43. The van der Waals surface area contributed by atoms with E-state index in [1.165, 1.54) is 32.2 Å². The summed E-state index contributed by atoms with van der Waals surface area (Å²) in [5.41, 5.74) is -1.77. The molecular formula is C28H32O17. The average Bonchev–Trinajstić information content (AvgIpc) is 3.01. The number of ether oxygens (including phenoxy) is 5. The zero-order valence-electron chi connectivity index (χ0n) is 23.6. The molecular weight excluding hydrogens is 608 g/mol. The Bertz CT molecular complexity index is 1610. The number of benzene rings is 2. The van der Waals surface area contributed by atoms with Crippen molar-refractivity contribution in [2.24, 2.45) is 0 Å². The summed E-state index contributed by atoms with van der Waals surface area (Å²) < 4.78 is 33.0. The van der Waals surface area contributed by atoms with Crippen molar-refractivity contribution in [3.63, 3.8) is 0 Å². The first-order chi connectivity index (χ1) is 21.2. The molecule has 0 bridgehead atoms. The molecule has 45 heavy (non-hydrogen) atoms. The second kappa shape index (κ2) is 12.5. The molecule has 2 aliphatic heterocycles. The third-order valence-corrected chi connectivity index (χ3v) is 7.64. The van der Waals surface area contributed by atoms with Crippen LogP contribution in [0.1, 0.15) is 6.92 Å². The first kappa shape index (κ1) is 32.5. The molecule has 2 aromatic carbocycles. The van der Waals surface area contributed by atoms with Crippen LogP contribution < -0.4 is 14.9 Å². The van der Waals surface area contributed by atoms with Gasteiger partial charge in [-0.2, -0.15) is 0 Å². The van der Waals surface area contributed by atoms with E-state index in [4.69, 9.17) is 28.1 Å². The molecule has 246 valence electrons. The Hall–Kier alpha value is -3.91. The highest BCUT2D eigenvalue weighted by molar-refractivity contribution is 5.93. The Labute approximate surface area is 252 Å². The smallest absolute Gasteiger partial charge is 0.239 e. The highest BCUT2D eigenvalue weighted by Gasteiger charge is 2.48. The number of rotatable bonds is 7. The lowest BCUT2D eigenvalue weighted by atomic mass is 9.98. The second-order valence-electron chi connectivity index (χ2n) is 10.6. The van der Waals surface area contributed by atoms with Gasteiger partial charge in [-0.1, -0.05) is 0 Å². The quantitative estimate of drug-likeness (QED) is 0.102. The maximum Gasteiger partial charge on any atom is 0.239 e. The second-order valence-corrected chi connectivity index (χ2v) is 10.6. The van der Waals surface area contributed by atoms with Gasteiger partial charge < -0.3 is 79.2 Å². The minimum absolute atomic E-state index is 0.00458. The highest BCUT2D eigenvalue weighted by atomic mass is 16.7. The number of methoxy groups -OCH3 is 1.